The van der Waals surface area contributed by atoms with Crippen molar-refractivity contribution in [2.24, 2.45) is 0 Å². The van der Waals surface area contributed by atoms with Crippen molar-refractivity contribution >= 4 is 0 Å². The van der Waals surface area contributed by atoms with Crippen LogP contribution in [0.4, 0.5) is 13.2 Å². The van der Waals surface area contributed by atoms with Crippen LogP contribution in [0.1, 0.15) is 12.8 Å². The number of benzene rings is 1. The lowest BCUT2D eigenvalue weighted by molar-refractivity contribution is -0.153. The number of nitrogens with zero attached hydrogens (tertiary/aromatic N) is 1. The van der Waals surface area contributed by atoms with Crippen LogP contribution in [0.3, 0.4) is 0 Å². The summed E-state index contributed by atoms with van der Waals surface area (Å²) in [5.41, 5.74) is 0. The number of ether oxygens (including phenoxy) is 2. The van der Waals surface area contributed by atoms with Crippen LogP contribution in [0, 0.1) is 0 Å². The Morgan fingerprint density at radius 3 is 2.21 bits per heavy atom. The molecule has 0 aromatic heterocycles. The van der Waals surface area contributed by atoms with Gasteiger partial charge in [-0.05, 0) is 37.1 Å². The van der Waals surface area contributed by atoms with Gasteiger partial charge in [-0.3, -0.25) is 0 Å². The van der Waals surface area contributed by atoms with E-state index in [4.69, 9.17) is 4.74 Å². The summed E-state index contributed by atoms with van der Waals surface area (Å²) < 4.78 is 46.3. The van der Waals surface area contributed by atoms with E-state index in [1.807, 2.05) is 0 Å². The van der Waals surface area contributed by atoms with Crippen LogP contribution in [-0.2, 0) is 0 Å². The molecule has 1 aromatic rings. The van der Waals surface area contributed by atoms with Crippen LogP contribution >= 0.6 is 0 Å². The number of rotatable bonds is 4. The first-order chi connectivity index (χ1) is 9.03. The molecule has 1 heterocycles. The molecule has 0 spiro atoms. The van der Waals surface area contributed by atoms with Crippen molar-refractivity contribution in [1.29, 1.82) is 0 Å². The Balaban J connectivity index is 1.83. The van der Waals surface area contributed by atoms with E-state index in [0.29, 0.717) is 5.75 Å². The number of hydrogen-bond donors (Lipinski definition) is 0. The Morgan fingerprint density at radius 2 is 1.63 bits per heavy atom. The molecule has 19 heavy (non-hydrogen) atoms. The van der Waals surface area contributed by atoms with Gasteiger partial charge in [-0.2, -0.15) is 13.2 Å². The van der Waals surface area contributed by atoms with Crippen LogP contribution in [0.25, 0.3) is 0 Å². The molecule has 0 saturated carbocycles. The summed E-state index contributed by atoms with van der Waals surface area (Å²) in [6, 6.07) is 6.21. The average molecular weight is 274 g/mol. The zero-order valence-electron chi connectivity index (χ0n) is 10.3. The molecule has 0 unspecified atom stereocenters. The molecule has 0 N–H and O–H groups in total. The average Bonchev–Trinajstić information content (AvgIpc) is 2.38. The highest BCUT2D eigenvalue weighted by molar-refractivity contribution is 5.31. The van der Waals surface area contributed by atoms with Gasteiger partial charge in [0.1, 0.15) is 17.6 Å². The maximum atomic E-state index is 12.0. The Morgan fingerprint density at radius 1 is 1.05 bits per heavy atom. The molecule has 1 aromatic carbocycles. The third-order valence-corrected chi connectivity index (χ3v) is 2.75. The van der Waals surface area contributed by atoms with Crippen LogP contribution in [0.15, 0.2) is 24.3 Å². The first kappa shape index (κ1) is 14.0. The van der Waals surface area contributed by atoms with Crippen molar-refractivity contribution in [1.82, 2.24) is 5.32 Å². The van der Waals surface area contributed by atoms with E-state index in [-0.39, 0.29) is 11.9 Å². The fraction of sp³-hybridized carbons (Fsp3) is 0.538. The summed E-state index contributed by atoms with van der Waals surface area (Å²) in [5, 5.41) is 4.22. The third-order valence-electron chi connectivity index (χ3n) is 2.75. The minimum atomic E-state index is -4.32. The van der Waals surface area contributed by atoms with Crippen molar-refractivity contribution in [3.05, 3.63) is 24.3 Å². The van der Waals surface area contributed by atoms with Gasteiger partial charge in [0.25, 0.3) is 0 Å². The second-order valence-electron chi connectivity index (χ2n) is 4.36. The molecule has 1 aliphatic rings. The van der Waals surface area contributed by atoms with Gasteiger partial charge in [-0.15, -0.1) is 0 Å². The van der Waals surface area contributed by atoms with Gasteiger partial charge < -0.3 is 9.47 Å². The molecule has 0 amide bonds. The summed E-state index contributed by atoms with van der Waals surface area (Å²) >= 11 is 0. The van der Waals surface area contributed by atoms with E-state index in [9.17, 15) is 13.2 Å². The fourth-order valence-electron chi connectivity index (χ4n) is 1.82. The number of alkyl halides is 3. The second-order valence-corrected chi connectivity index (χ2v) is 4.36. The fourth-order valence-corrected chi connectivity index (χ4v) is 1.82. The van der Waals surface area contributed by atoms with E-state index >= 15 is 0 Å². The highest BCUT2D eigenvalue weighted by Crippen LogP contribution is 2.23. The van der Waals surface area contributed by atoms with Gasteiger partial charge in [0.05, 0.1) is 0 Å². The van der Waals surface area contributed by atoms with Gasteiger partial charge in [0.15, 0.2) is 6.61 Å². The lowest BCUT2D eigenvalue weighted by Gasteiger charge is -2.22. The molecular weight excluding hydrogens is 259 g/mol. The Hall–Kier alpha value is -1.43. The molecule has 1 radical (unpaired) electrons. The van der Waals surface area contributed by atoms with E-state index in [1.165, 1.54) is 12.1 Å². The van der Waals surface area contributed by atoms with Crippen LogP contribution in [-0.4, -0.2) is 32.0 Å². The van der Waals surface area contributed by atoms with Gasteiger partial charge in [0.2, 0.25) is 0 Å². The predicted octanol–water partition coefficient (Wildman–Crippen LogP) is 2.77. The summed E-state index contributed by atoms with van der Waals surface area (Å²) in [6.07, 6.45) is -2.42. The molecule has 105 valence electrons. The SMILES string of the molecule is FC(F)(F)COc1ccc(OC2CC[N]CC2)cc1. The highest BCUT2D eigenvalue weighted by atomic mass is 19.4. The molecule has 0 bridgehead atoms. The number of piperidine rings is 1. The monoisotopic (exact) mass is 274 g/mol. The van der Waals surface area contributed by atoms with E-state index in [1.54, 1.807) is 12.1 Å². The maximum absolute atomic E-state index is 12.0. The zero-order valence-corrected chi connectivity index (χ0v) is 10.3. The maximum Gasteiger partial charge on any atom is 0.422 e. The molecule has 1 saturated heterocycles. The lowest BCUT2D eigenvalue weighted by Crippen LogP contribution is -2.30. The topological polar surface area (TPSA) is 32.6 Å². The van der Waals surface area contributed by atoms with E-state index in [0.717, 1.165) is 25.9 Å². The lowest BCUT2D eigenvalue weighted by atomic mass is 10.1. The van der Waals surface area contributed by atoms with Crippen molar-refractivity contribution in [2.75, 3.05) is 19.7 Å². The minimum absolute atomic E-state index is 0.138. The number of halogens is 3. The van der Waals surface area contributed by atoms with Gasteiger partial charge in [-0.1, -0.05) is 0 Å². The number of hydrogen-bond acceptors (Lipinski definition) is 2. The zero-order chi connectivity index (χ0) is 13.7. The molecule has 0 atom stereocenters. The smallest absolute Gasteiger partial charge is 0.422 e. The van der Waals surface area contributed by atoms with Gasteiger partial charge >= 0.3 is 6.18 Å². The van der Waals surface area contributed by atoms with Gasteiger partial charge in [0, 0.05) is 13.1 Å². The van der Waals surface area contributed by atoms with Crippen molar-refractivity contribution in [3.63, 3.8) is 0 Å². The van der Waals surface area contributed by atoms with Crippen LogP contribution < -0.4 is 14.8 Å². The molecule has 3 nitrogen and oxygen atoms in total. The highest BCUT2D eigenvalue weighted by Gasteiger charge is 2.28. The predicted molar refractivity (Wildman–Crippen MR) is 63.5 cm³/mol. The first-order valence-corrected chi connectivity index (χ1v) is 6.12. The standard InChI is InChI=1S/C13H15F3NO2/c14-13(15,16)9-18-10-1-3-11(4-2-10)19-12-5-7-17-8-6-12/h1-4,12H,5-9H2. The molecule has 2 rings (SSSR count). The van der Waals surface area contributed by atoms with E-state index < -0.39 is 12.8 Å². The van der Waals surface area contributed by atoms with Crippen molar-refractivity contribution in [2.45, 2.75) is 25.1 Å². The van der Waals surface area contributed by atoms with Crippen molar-refractivity contribution < 1.29 is 22.6 Å². The van der Waals surface area contributed by atoms with Gasteiger partial charge in [-0.25, -0.2) is 5.32 Å². The summed E-state index contributed by atoms with van der Waals surface area (Å²) in [5.74, 6) is 0.828. The molecule has 6 heteroatoms. The molecule has 0 aliphatic carbocycles. The Labute approximate surface area is 109 Å². The largest absolute Gasteiger partial charge is 0.490 e. The van der Waals surface area contributed by atoms with Crippen molar-refractivity contribution in [3.8, 4) is 11.5 Å². The molecule has 1 fully saturated rings. The Bertz CT molecular complexity index is 386. The van der Waals surface area contributed by atoms with E-state index in [2.05, 4.69) is 10.1 Å². The molecular formula is C13H15F3NO2. The quantitative estimate of drug-likeness (QED) is 0.845. The van der Waals surface area contributed by atoms with Crippen LogP contribution in [0.2, 0.25) is 0 Å². The third kappa shape index (κ3) is 4.98. The second kappa shape index (κ2) is 6.14. The first-order valence-electron chi connectivity index (χ1n) is 6.12. The summed E-state index contributed by atoms with van der Waals surface area (Å²) in [4.78, 5) is 0. The minimum Gasteiger partial charge on any atom is -0.490 e. The normalized spacial score (nSPS) is 17.2. The molecule has 1 aliphatic heterocycles. The summed E-state index contributed by atoms with van der Waals surface area (Å²) in [7, 11) is 0. The van der Waals surface area contributed by atoms with Crippen LogP contribution in [0.5, 0.6) is 11.5 Å². The summed E-state index contributed by atoms with van der Waals surface area (Å²) in [6.45, 7) is 0.326. The Kier molecular flexibility index (Phi) is 4.52.